The van der Waals surface area contributed by atoms with Crippen LogP contribution in [0.5, 0.6) is 0 Å². The number of aromatic nitrogens is 3. The predicted octanol–water partition coefficient (Wildman–Crippen LogP) is 8.47. The van der Waals surface area contributed by atoms with Crippen LogP contribution in [-0.4, -0.2) is 71.1 Å². The van der Waals surface area contributed by atoms with Gasteiger partial charge in [-0.3, -0.25) is 9.88 Å². The van der Waals surface area contributed by atoms with Gasteiger partial charge in [-0.05, 0) is 93.7 Å². The number of carbonyl (C=O) groups is 1. The highest BCUT2D eigenvalue weighted by molar-refractivity contribution is 6.04. The van der Waals surface area contributed by atoms with Gasteiger partial charge in [0.2, 0.25) is 0 Å². The number of nitrogens with one attached hydrogen (secondary N) is 2. The summed E-state index contributed by atoms with van der Waals surface area (Å²) in [6.45, 7) is 2.24. The topological polar surface area (TPSA) is 89.5 Å². The number of anilines is 5. The van der Waals surface area contributed by atoms with Gasteiger partial charge in [0.15, 0.2) is 5.82 Å². The van der Waals surface area contributed by atoms with E-state index in [2.05, 4.69) is 25.4 Å². The number of urea groups is 1. The molecule has 0 radical (unpaired) electrons. The van der Waals surface area contributed by atoms with Crippen LogP contribution in [0, 0.1) is 17.8 Å². The highest BCUT2D eigenvalue weighted by Crippen LogP contribution is 2.53. The normalized spacial score (nSPS) is 30.8. The van der Waals surface area contributed by atoms with Gasteiger partial charge >= 0.3 is 18.4 Å². The van der Waals surface area contributed by atoms with Crippen molar-refractivity contribution < 1.29 is 31.1 Å². The number of rotatable bonds is 4. The molecule has 7 heterocycles. The van der Waals surface area contributed by atoms with Crippen LogP contribution in [0.4, 0.5) is 59.8 Å². The van der Waals surface area contributed by atoms with Gasteiger partial charge in [0, 0.05) is 61.1 Å². The van der Waals surface area contributed by atoms with Crippen LogP contribution in [0.15, 0.2) is 48.8 Å². The molecule has 53 heavy (non-hydrogen) atoms. The highest BCUT2D eigenvalue weighted by atomic mass is 19.4. The molecule has 9 rings (SSSR count). The molecule has 6 aliphatic rings. The highest BCUT2D eigenvalue weighted by Gasteiger charge is 2.53. The number of pyridine rings is 3. The van der Waals surface area contributed by atoms with Crippen molar-refractivity contribution >= 4 is 34.7 Å². The van der Waals surface area contributed by atoms with E-state index < -0.39 is 48.1 Å². The molecule has 9 nitrogen and oxygen atoms in total. The van der Waals surface area contributed by atoms with E-state index in [4.69, 9.17) is 9.97 Å². The Labute approximate surface area is 303 Å². The fourth-order valence-corrected chi connectivity index (χ4v) is 10.2. The van der Waals surface area contributed by atoms with Crippen molar-refractivity contribution in [2.75, 3.05) is 45.0 Å². The van der Waals surface area contributed by atoms with E-state index in [1.54, 1.807) is 29.3 Å². The Hall–Kier alpha value is -4.30. The summed E-state index contributed by atoms with van der Waals surface area (Å²) in [6, 6.07) is 9.97. The number of hydrogen-bond acceptors (Lipinski definition) is 7. The summed E-state index contributed by atoms with van der Waals surface area (Å²) in [6.07, 6.45) is -2.70. The number of halogens is 6. The Balaban J connectivity index is 1.04. The maximum Gasteiger partial charge on any atom is 0.391 e. The molecule has 2 N–H and O–H groups in total. The summed E-state index contributed by atoms with van der Waals surface area (Å²) < 4.78 is 85.4. The Morgan fingerprint density at radius 3 is 2.36 bits per heavy atom. The summed E-state index contributed by atoms with van der Waals surface area (Å²) in [4.78, 5) is 34.0. The van der Waals surface area contributed by atoms with Gasteiger partial charge in [-0.15, -0.1) is 0 Å². The lowest BCUT2D eigenvalue weighted by Gasteiger charge is -2.42. The Morgan fingerprint density at radius 2 is 1.58 bits per heavy atom. The lowest BCUT2D eigenvalue weighted by atomic mass is 9.70. The smallest absolute Gasteiger partial charge is 0.366 e. The third-order valence-corrected chi connectivity index (χ3v) is 12.7. The minimum Gasteiger partial charge on any atom is -0.366 e. The first-order chi connectivity index (χ1) is 25.4. The number of nitrogens with zero attached hydrogens (tertiary/aromatic N) is 6. The maximum absolute atomic E-state index is 14.7. The SMILES string of the molecule is O=C(Nc1cccnc1)N1c2nc(C3CCCC(C(F)(F)F)C3)ccc2N2C[C@@H]1CC2C1CC(c2ccc3c(n2)N[C@H]2CCN3C2)CC(C(F)(F)F)C1. The number of amides is 2. The number of alkyl halides is 6. The van der Waals surface area contributed by atoms with Crippen molar-refractivity contribution in [3.8, 4) is 0 Å². The minimum absolute atomic E-state index is 0.0312. The van der Waals surface area contributed by atoms with E-state index in [0.717, 1.165) is 31.0 Å². The van der Waals surface area contributed by atoms with Gasteiger partial charge in [0.05, 0.1) is 41.1 Å². The average molecular weight is 741 g/mol. The largest absolute Gasteiger partial charge is 0.391 e. The Morgan fingerprint density at radius 1 is 0.811 bits per heavy atom. The van der Waals surface area contributed by atoms with Crippen LogP contribution in [0.25, 0.3) is 0 Å². The Bertz CT molecular complexity index is 1860. The molecule has 2 aliphatic carbocycles. The van der Waals surface area contributed by atoms with E-state index in [1.807, 2.05) is 18.2 Å². The molecule has 3 aromatic heterocycles. The molecule has 3 aromatic rings. The Kier molecular flexibility index (Phi) is 8.41. The van der Waals surface area contributed by atoms with Crippen molar-refractivity contribution in [2.45, 2.75) is 100 Å². The number of hydrogen-bond donors (Lipinski definition) is 2. The molecular weight excluding hydrogens is 698 g/mol. The average Bonchev–Trinajstić information content (AvgIpc) is 3.72. The maximum atomic E-state index is 14.7. The molecule has 2 saturated carbocycles. The third kappa shape index (κ3) is 6.41. The molecule has 0 aromatic carbocycles. The molecule has 6 unspecified atom stereocenters. The number of carbonyl (C=O) groups excluding carboxylic acids is 1. The molecule has 4 fully saturated rings. The van der Waals surface area contributed by atoms with Gasteiger partial charge in [0.25, 0.3) is 0 Å². The second kappa shape index (κ2) is 12.9. The zero-order valence-corrected chi connectivity index (χ0v) is 29.1. The second-order valence-electron chi connectivity index (χ2n) is 15.9. The summed E-state index contributed by atoms with van der Waals surface area (Å²) >= 11 is 0. The van der Waals surface area contributed by atoms with Crippen molar-refractivity contribution in [3.05, 3.63) is 60.2 Å². The molecule has 4 bridgehead atoms. The van der Waals surface area contributed by atoms with Crippen molar-refractivity contribution in [3.63, 3.8) is 0 Å². The molecule has 4 aliphatic heterocycles. The molecule has 2 saturated heterocycles. The van der Waals surface area contributed by atoms with E-state index in [9.17, 15) is 31.1 Å². The lowest BCUT2D eigenvalue weighted by molar-refractivity contribution is -0.188. The first-order valence-electron chi connectivity index (χ1n) is 18.8. The van der Waals surface area contributed by atoms with Crippen molar-refractivity contribution in [1.82, 2.24) is 15.0 Å². The van der Waals surface area contributed by atoms with Gasteiger partial charge in [-0.1, -0.05) is 6.42 Å². The van der Waals surface area contributed by atoms with Gasteiger partial charge in [-0.25, -0.2) is 14.8 Å². The lowest BCUT2D eigenvalue weighted by Crippen LogP contribution is -2.49. The van der Waals surface area contributed by atoms with Crippen LogP contribution in [-0.2, 0) is 0 Å². The third-order valence-electron chi connectivity index (χ3n) is 12.7. The van der Waals surface area contributed by atoms with E-state index in [0.29, 0.717) is 60.8 Å². The standard InChI is InChI=1S/C38H42F6N8O/c39-37(40,41)24-4-1-3-21(14-24)29-7-9-32-35(49-29)52(36(53)47-26-5-2-11-45-18-26)28-17-33(51(32)20-28)23-13-22(15-25(16-23)38(42,43)44)30-6-8-31-34(48-30)46-27-10-12-50(31)19-27/h2,5-9,11,18,21-25,27-28,33H,1,3-4,10,12-17,19-20H2,(H,46,48)(H,47,53)/t21?,22?,23?,24?,25?,27-,28-,33?/m0/s1. The minimum atomic E-state index is -4.38. The van der Waals surface area contributed by atoms with Crippen LogP contribution in [0.3, 0.4) is 0 Å². The summed E-state index contributed by atoms with van der Waals surface area (Å²) in [7, 11) is 0. The van der Waals surface area contributed by atoms with Gasteiger partial charge < -0.3 is 20.4 Å². The monoisotopic (exact) mass is 740 g/mol. The van der Waals surface area contributed by atoms with Crippen LogP contribution in [0.1, 0.15) is 81.0 Å². The second-order valence-corrected chi connectivity index (χ2v) is 15.9. The summed E-state index contributed by atoms with van der Waals surface area (Å²) in [5.41, 5.74) is 3.24. The van der Waals surface area contributed by atoms with Crippen LogP contribution >= 0.6 is 0 Å². The van der Waals surface area contributed by atoms with Crippen molar-refractivity contribution in [2.24, 2.45) is 17.8 Å². The van der Waals surface area contributed by atoms with Crippen LogP contribution in [0.2, 0.25) is 0 Å². The first-order valence-corrected chi connectivity index (χ1v) is 18.8. The molecule has 282 valence electrons. The zero-order chi connectivity index (χ0) is 36.6. The predicted molar refractivity (Wildman–Crippen MR) is 188 cm³/mol. The zero-order valence-electron chi connectivity index (χ0n) is 29.1. The first kappa shape index (κ1) is 34.5. The quantitative estimate of drug-likeness (QED) is 0.260. The van der Waals surface area contributed by atoms with E-state index in [1.165, 1.54) is 6.20 Å². The molecule has 15 heteroatoms. The molecule has 0 spiro atoms. The fraction of sp³-hybridized carbons (Fsp3) is 0.579. The van der Waals surface area contributed by atoms with E-state index in [-0.39, 0.29) is 43.7 Å². The molecular formula is C38H42F6N8O. The number of fused-ring (bicyclic) bond motifs is 8. The summed E-state index contributed by atoms with van der Waals surface area (Å²) in [5.74, 6) is -3.01. The van der Waals surface area contributed by atoms with Gasteiger partial charge in [0.1, 0.15) is 5.82 Å². The fourth-order valence-electron chi connectivity index (χ4n) is 10.2. The van der Waals surface area contributed by atoms with Crippen LogP contribution < -0.4 is 25.3 Å². The van der Waals surface area contributed by atoms with Gasteiger partial charge in [-0.2, -0.15) is 26.3 Å². The summed E-state index contributed by atoms with van der Waals surface area (Å²) in [5, 5.41) is 6.39. The molecule has 8 atom stereocenters. The van der Waals surface area contributed by atoms with E-state index >= 15 is 0 Å². The van der Waals surface area contributed by atoms with Crippen molar-refractivity contribution in [1.29, 1.82) is 0 Å². The molecule has 2 amide bonds.